The molecule has 7 heteroatoms. The highest BCUT2D eigenvalue weighted by Crippen LogP contribution is 2.57. The summed E-state index contributed by atoms with van der Waals surface area (Å²) in [7, 11) is 1.84. The van der Waals surface area contributed by atoms with Gasteiger partial charge < -0.3 is 14.8 Å². The molecule has 1 aromatic heterocycles. The summed E-state index contributed by atoms with van der Waals surface area (Å²) in [5.74, 6) is 2.30. The summed E-state index contributed by atoms with van der Waals surface area (Å²) in [6, 6.07) is 0.172. The van der Waals surface area contributed by atoms with Crippen LogP contribution in [0.4, 0.5) is 0 Å². The predicted molar refractivity (Wildman–Crippen MR) is 127 cm³/mol. The van der Waals surface area contributed by atoms with Crippen molar-refractivity contribution in [1.29, 1.82) is 0 Å². The standard InChI is InChI=1S/C26H39N3O4/c1-16(2)15-33-24-21(14-27-29(24)8-7-25(4,5)17(3)30)23(31)28-22-19-9-18-10-20(22)13-26(11-18,12-19)32-6/h7-8,14,16,18-20,22H,9-13,15H2,1-6H3,(H,28,31)/b8-7+/t18?,19?,20?,22-,26-. The van der Waals surface area contributed by atoms with Gasteiger partial charge in [-0.2, -0.15) is 5.10 Å². The van der Waals surface area contributed by atoms with Gasteiger partial charge in [0.05, 0.1) is 18.4 Å². The molecule has 1 aromatic rings. The Hall–Kier alpha value is -2.15. The van der Waals surface area contributed by atoms with Gasteiger partial charge in [-0.3, -0.25) is 9.59 Å². The first-order valence-corrected chi connectivity index (χ1v) is 12.3. The van der Waals surface area contributed by atoms with Crippen LogP contribution in [0.5, 0.6) is 5.88 Å². The lowest BCUT2D eigenvalue weighted by molar-refractivity contribution is -0.156. The summed E-state index contributed by atoms with van der Waals surface area (Å²) in [6.45, 7) is 9.89. The molecular formula is C26H39N3O4. The number of amides is 1. The Kier molecular flexibility index (Phi) is 6.47. The van der Waals surface area contributed by atoms with E-state index in [0.717, 1.165) is 18.8 Å². The van der Waals surface area contributed by atoms with Gasteiger partial charge in [-0.1, -0.05) is 19.9 Å². The van der Waals surface area contributed by atoms with Crippen molar-refractivity contribution in [3.05, 3.63) is 17.8 Å². The average Bonchev–Trinajstić information content (AvgIpc) is 3.15. The molecule has 33 heavy (non-hydrogen) atoms. The quantitative estimate of drug-likeness (QED) is 0.597. The third-order valence-corrected chi connectivity index (χ3v) is 8.04. The van der Waals surface area contributed by atoms with Gasteiger partial charge in [0.15, 0.2) is 0 Å². The van der Waals surface area contributed by atoms with Gasteiger partial charge in [0.25, 0.3) is 5.91 Å². The normalized spacial score (nSPS) is 30.9. The summed E-state index contributed by atoms with van der Waals surface area (Å²) in [4.78, 5) is 25.3. The summed E-state index contributed by atoms with van der Waals surface area (Å²) in [5, 5.41) is 7.74. The lowest BCUT2D eigenvalue weighted by atomic mass is 9.52. The maximum atomic E-state index is 13.4. The van der Waals surface area contributed by atoms with Crippen molar-refractivity contribution in [1.82, 2.24) is 15.1 Å². The Balaban J connectivity index is 1.54. The van der Waals surface area contributed by atoms with Gasteiger partial charge in [0, 0.05) is 24.8 Å². The number of hydrogen-bond acceptors (Lipinski definition) is 5. The van der Waals surface area contributed by atoms with Crippen molar-refractivity contribution in [2.75, 3.05) is 13.7 Å². The number of ketones is 1. The van der Waals surface area contributed by atoms with Gasteiger partial charge in [-0.05, 0) is 76.5 Å². The number of carbonyl (C=O) groups excluding carboxylic acids is 2. The first-order chi connectivity index (χ1) is 15.5. The fourth-order valence-electron chi connectivity index (χ4n) is 6.04. The molecule has 1 heterocycles. The van der Waals surface area contributed by atoms with Crippen molar-refractivity contribution < 1.29 is 19.1 Å². The molecule has 0 aliphatic heterocycles. The zero-order valence-corrected chi connectivity index (χ0v) is 20.9. The minimum Gasteiger partial charge on any atom is -0.477 e. The lowest BCUT2D eigenvalue weighted by Gasteiger charge is -2.59. The van der Waals surface area contributed by atoms with Gasteiger partial charge in [-0.25, -0.2) is 4.68 Å². The fourth-order valence-corrected chi connectivity index (χ4v) is 6.04. The van der Waals surface area contributed by atoms with Crippen LogP contribution in [-0.2, 0) is 9.53 Å². The number of rotatable bonds is 9. The van der Waals surface area contributed by atoms with Gasteiger partial charge in [0.1, 0.15) is 11.3 Å². The number of carbonyl (C=O) groups is 2. The Morgan fingerprint density at radius 1 is 1.27 bits per heavy atom. The van der Waals surface area contributed by atoms with Crippen LogP contribution in [0.1, 0.15) is 77.1 Å². The molecule has 4 bridgehead atoms. The first-order valence-electron chi connectivity index (χ1n) is 12.3. The second-order valence-electron chi connectivity index (χ2n) is 11.5. The summed E-state index contributed by atoms with van der Waals surface area (Å²) in [6.07, 6.45) is 10.7. The van der Waals surface area contributed by atoms with E-state index in [0.29, 0.717) is 35.8 Å². The predicted octanol–water partition coefficient (Wildman–Crippen LogP) is 4.33. The second-order valence-corrected chi connectivity index (χ2v) is 11.5. The molecule has 7 nitrogen and oxygen atoms in total. The minimum atomic E-state index is -0.624. The maximum Gasteiger partial charge on any atom is 0.258 e. The SMILES string of the molecule is CO[C@]12CC3CC(C1)[C@@H](NC(=O)c1cnn(/C=C/C(C)(C)C(C)=O)c1OCC(C)C)C(C3)C2. The highest BCUT2D eigenvalue weighted by molar-refractivity contribution is 5.96. The smallest absolute Gasteiger partial charge is 0.258 e. The molecule has 4 aliphatic carbocycles. The maximum absolute atomic E-state index is 13.4. The zero-order chi connectivity index (χ0) is 24.0. The van der Waals surface area contributed by atoms with Crippen LogP contribution >= 0.6 is 0 Å². The summed E-state index contributed by atoms with van der Waals surface area (Å²) in [5.41, 5.74) is -0.166. The largest absolute Gasteiger partial charge is 0.477 e. The van der Waals surface area contributed by atoms with E-state index in [4.69, 9.17) is 9.47 Å². The van der Waals surface area contributed by atoms with Crippen LogP contribution in [0.2, 0.25) is 0 Å². The highest BCUT2D eigenvalue weighted by atomic mass is 16.5. The van der Waals surface area contributed by atoms with E-state index < -0.39 is 5.41 Å². The molecule has 2 unspecified atom stereocenters. The number of nitrogens with one attached hydrogen (secondary N) is 1. The molecule has 0 spiro atoms. The summed E-state index contributed by atoms with van der Waals surface area (Å²) < 4.78 is 13.6. The average molecular weight is 458 g/mol. The highest BCUT2D eigenvalue weighted by Gasteiger charge is 2.56. The number of methoxy groups -OCH3 is 1. The zero-order valence-electron chi connectivity index (χ0n) is 20.9. The van der Waals surface area contributed by atoms with E-state index >= 15 is 0 Å². The number of Topliss-reactive ketones (excluding diaryl/α,β-unsaturated/α-hetero) is 1. The first kappa shape index (κ1) is 24.0. The molecule has 1 N–H and O–H groups in total. The van der Waals surface area contributed by atoms with Crippen molar-refractivity contribution >= 4 is 17.9 Å². The Morgan fingerprint density at radius 3 is 2.52 bits per heavy atom. The van der Waals surface area contributed by atoms with E-state index in [1.165, 1.54) is 19.3 Å². The summed E-state index contributed by atoms with van der Waals surface area (Å²) >= 11 is 0. The topological polar surface area (TPSA) is 82.5 Å². The minimum absolute atomic E-state index is 0.0163. The Bertz CT molecular complexity index is 916. The third-order valence-electron chi connectivity index (χ3n) is 8.04. The molecule has 1 amide bonds. The van der Waals surface area contributed by atoms with Crippen LogP contribution in [0, 0.1) is 29.1 Å². The fraction of sp³-hybridized carbons (Fsp3) is 0.731. The van der Waals surface area contributed by atoms with Gasteiger partial charge in [-0.15, -0.1) is 0 Å². The van der Waals surface area contributed by atoms with Crippen LogP contribution in [-0.4, -0.2) is 46.8 Å². The number of ether oxygens (including phenoxy) is 2. The van der Waals surface area contributed by atoms with Crippen molar-refractivity contribution in [2.24, 2.45) is 29.1 Å². The van der Waals surface area contributed by atoms with Crippen LogP contribution < -0.4 is 10.1 Å². The van der Waals surface area contributed by atoms with E-state index in [9.17, 15) is 9.59 Å². The van der Waals surface area contributed by atoms with Gasteiger partial charge in [0.2, 0.25) is 5.88 Å². The lowest BCUT2D eigenvalue weighted by Crippen LogP contribution is -2.62. The number of allylic oxidation sites excluding steroid dienone is 1. The Morgan fingerprint density at radius 2 is 1.94 bits per heavy atom. The van der Waals surface area contributed by atoms with E-state index in [1.807, 2.05) is 21.0 Å². The number of hydrogen-bond donors (Lipinski definition) is 1. The van der Waals surface area contributed by atoms with E-state index in [2.05, 4.69) is 24.3 Å². The van der Waals surface area contributed by atoms with Crippen molar-refractivity contribution in [3.8, 4) is 5.88 Å². The molecule has 4 fully saturated rings. The van der Waals surface area contributed by atoms with Crippen molar-refractivity contribution in [2.45, 2.75) is 78.4 Å². The monoisotopic (exact) mass is 457 g/mol. The molecule has 5 rings (SSSR count). The van der Waals surface area contributed by atoms with Crippen molar-refractivity contribution in [3.63, 3.8) is 0 Å². The van der Waals surface area contributed by atoms with Gasteiger partial charge >= 0.3 is 0 Å². The molecule has 0 saturated heterocycles. The van der Waals surface area contributed by atoms with Crippen LogP contribution in [0.15, 0.2) is 12.3 Å². The van der Waals surface area contributed by atoms with Crippen LogP contribution in [0.25, 0.3) is 6.20 Å². The van der Waals surface area contributed by atoms with Crippen LogP contribution in [0.3, 0.4) is 0 Å². The molecular weight excluding hydrogens is 418 g/mol. The molecule has 4 saturated carbocycles. The third kappa shape index (κ3) is 4.75. The molecule has 182 valence electrons. The molecule has 4 aliphatic rings. The number of nitrogens with zero attached hydrogens (tertiary/aromatic N) is 2. The molecule has 0 radical (unpaired) electrons. The molecule has 2 atom stereocenters. The van der Waals surface area contributed by atoms with E-state index in [-0.39, 0.29) is 23.3 Å². The Labute approximate surface area is 197 Å². The number of aromatic nitrogens is 2. The van der Waals surface area contributed by atoms with E-state index in [1.54, 1.807) is 30.1 Å². The second kappa shape index (κ2) is 8.90. The molecule has 0 aromatic carbocycles.